The van der Waals surface area contributed by atoms with Gasteiger partial charge >= 0.3 is 0 Å². The third-order valence-corrected chi connectivity index (χ3v) is 4.57. The van der Waals surface area contributed by atoms with Crippen LogP contribution in [-0.4, -0.2) is 0 Å². The lowest BCUT2D eigenvalue weighted by Gasteiger charge is -2.14. The fourth-order valence-electron chi connectivity index (χ4n) is 1.92. The maximum absolute atomic E-state index is 6.24. The predicted octanol–water partition coefficient (Wildman–Crippen LogP) is 6.44. The van der Waals surface area contributed by atoms with Crippen molar-refractivity contribution in [2.45, 2.75) is 34.4 Å². The van der Waals surface area contributed by atoms with Crippen LogP contribution in [-0.2, 0) is 0 Å². The second-order valence-corrected chi connectivity index (χ2v) is 6.80. The van der Waals surface area contributed by atoms with Crippen LogP contribution in [0.15, 0.2) is 58.3 Å². The van der Waals surface area contributed by atoms with Gasteiger partial charge in [0.2, 0.25) is 0 Å². The van der Waals surface area contributed by atoms with Gasteiger partial charge in [-0.15, -0.1) is 23.2 Å². The van der Waals surface area contributed by atoms with Crippen molar-refractivity contribution >= 4 is 35.0 Å². The van der Waals surface area contributed by atoms with Crippen LogP contribution in [0.5, 0.6) is 0 Å². The van der Waals surface area contributed by atoms with Crippen LogP contribution >= 0.6 is 35.0 Å². The molecule has 0 aliphatic heterocycles. The molecule has 0 spiro atoms. The third-order valence-electron chi connectivity index (χ3n) is 2.92. The topological polar surface area (TPSA) is 0 Å². The van der Waals surface area contributed by atoms with Crippen LogP contribution in [0.25, 0.3) is 0 Å². The van der Waals surface area contributed by atoms with Gasteiger partial charge in [0.15, 0.2) is 0 Å². The molecule has 0 heterocycles. The van der Waals surface area contributed by atoms with Gasteiger partial charge in [-0.1, -0.05) is 48.2 Å². The molecule has 2 atom stereocenters. The van der Waals surface area contributed by atoms with E-state index in [-0.39, 0.29) is 10.8 Å². The molecule has 2 aromatic rings. The quantitative estimate of drug-likeness (QED) is 0.586. The first-order valence-corrected chi connectivity index (χ1v) is 7.92. The number of rotatable bonds is 4. The Morgan fingerprint density at radius 1 is 0.737 bits per heavy atom. The standard InChI is InChI=1S/C16H16Cl2S/c1-11(17)13-7-3-5-9-15(13)19-16-10-6-4-8-14(16)12(2)18/h3-12H,1-2H3. The Morgan fingerprint density at radius 2 is 1.11 bits per heavy atom. The van der Waals surface area contributed by atoms with Crippen LogP contribution in [0, 0.1) is 0 Å². The molecule has 0 fully saturated rings. The zero-order valence-electron chi connectivity index (χ0n) is 10.9. The Labute approximate surface area is 129 Å². The van der Waals surface area contributed by atoms with E-state index in [1.54, 1.807) is 11.8 Å². The number of benzene rings is 2. The molecular formula is C16H16Cl2S. The molecule has 0 saturated heterocycles. The molecule has 0 N–H and O–H groups in total. The molecule has 0 amide bonds. The number of halogens is 2. The van der Waals surface area contributed by atoms with Crippen LogP contribution < -0.4 is 0 Å². The largest absolute Gasteiger partial charge is 0.118 e. The molecule has 2 rings (SSSR count). The second kappa shape index (κ2) is 6.69. The molecule has 0 nitrogen and oxygen atoms in total. The smallest absolute Gasteiger partial charge is 0.0568 e. The van der Waals surface area contributed by atoms with Gasteiger partial charge in [0, 0.05) is 9.79 Å². The number of hydrogen-bond donors (Lipinski definition) is 0. The summed E-state index contributed by atoms with van der Waals surface area (Å²) in [4.78, 5) is 2.38. The van der Waals surface area contributed by atoms with Crippen molar-refractivity contribution in [2.24, 2.45) is 0 Å². The van der Waals surface area contributed by atoms with E-state index in [2.05, 4.69) is 24.3 Å². The van der Waals surface area contributed by atoms with Crippen molar-refractivity contribution in [1.82, 2.24) is 0 Å². The summed E-state index contributed by atoms with van der Waals surface area (Å²) in [5.41, 5.74) is 2.32. The van der Waals surface area contributed by atoms with Crippen LogP contribution in [0.1, 0.15) is 35.7 Å². The van der Waals surface area contributed by atoms with E-state index in [0.717, 1.165) is 11.1 Å². The number of hydrogen-bond acceptors (Lipinski definition) is 1. The summed E-state index contributed by atoms with van der Waals surface area (Å²) >= 11 is 14.2. The van der Waals surface area contributed by atoms with Crippen molar-refractivity contribution < 1.29 is 0 Å². The van der Waals surface area contributed by atoms with Crippen LogP contribution in [0.4, 0.5) is 0 Å². The molecule has 3 heteroatoms. The SMILES string of the molecule is CC(Cl)c1ccccc1Sc1ccccc1C(C)Cl. The van der Waals surface area contributed by atoms with Gasteiger partial charge < -0.3 is 0 Å². The van der Waals surface area contributed by atoms with Crippen molar-refractivity contribution in [3.8, 4) is 0 Å². The predicted molar refractivity (Wildman–Crippen MR) is 85.5 cm³/mol. The van der Waals surface area contributed by atoms with Crippen LogP contribution in [0.2, 0.25) is 0 Å². The zero-order chi connectivity index (χ0) is 13.8. The molecule has 100 valence electrons. The molecule has 0 bridgehead atoms. The summed E-state index contributed by atoms with van der Waals surface area (Å²) in [6.07, 6.45) is 0. The lowest BCUT2D eigenvalue weighted by molar-refractivity contribution is 1.02. The van der Waals surface area contributed by atoms with Gasteiger partial charge in [-0.3, -0.25) is 0 Å². The highest BCUT2D eigenvalue weighted by molar-refractivity contribution is 7.99. The highest BCUT2D eigenvalue weighted by Crippen LogP contribution is 2.39. The fraction of sp³-hybridized carbons (Fsp3) is 0.250. The minimum Gasteiger partial charge on any atom is -0.118 e. The van der Waals surface area contributed by atoms with E-state index < -0.39 is 0 Å². The maximum Gasteiger partial charge on any atom is 0.0568 e. The molecule has 0 aliphatic rings. The first-order valence-electron chi connectivity index (χ1n) is 6.23. The Bertz CT molecular complexity index is 500. The highest BCUT2D eigenvalue weighted by atomic mass is 35.5. The van der Waals surface area contributed by atoms with E-state index in [4.69, 9.17) is 23.2 Å². The van der Waals surface area contributed by atoms with Gasteiger partial charge in [0.1, 0.15) is 0 Å². The molecule has 2 aromatic carbocycles. The number of alkyl halides is 2. The van der Waals surface area contributed by atoms with Crippen molar-refractivity contribution in [3.63, 3.8) is 0 Å². The third kappa shape index (κ3) is 3.68. The summed E-state index contributed by atoms with van der Waals surface area (Å²) in [6, 6.07) is 16.5. The lowest BCUT2D eigenvalue weighted by atomic mass is 10.2. The van der Waals surface area contributed by atoms with E-state index >= 15 is 0 Å². The van der Waals surface area contributed by atoms with Gasteiger partial charge in [0.05, 0.1) is 10.8 Å². The van der Waals surface area contributed by atoms with Gasteiger partial charge in [-0.2, -0.15) is 0 Å². The molecule has 0 aromatic heterocycles. The Morgan fingerprint density at radius 3 is 1.47 bits per heavy atom. The monoisotopic (exact) mass is 310 g/mol. The zero-order valence-corrected chi connectivity index (χ0v) is 13.3. The maximum atomic E-state index is 6.24. The molecule has 19 heavy (non-hydrogen) atoms. The highest BCUT2D eigenvalue weighted by Gasteiger charge is 2.12. The molecule has 0 aliphatic carbocycles. The minimum atomic E-state index is 0.00397. The summed E-state index contributed by atoms with van der Waals surface area (Å²) in [5, 5.41) is 0.00794. The average molecular weight is 311 g/mol. The first-order chi connectivity index (χ1) is 9.09. The first kappa shape index (κ1) is 14.8. The van der Waals surface area contributed by atoms with Crippen molar-refractivity contribution in [2.75, 3.05) is 0 Å². The normalized spacial score (nSPS) is 14.1. The lowest BCUT2D eigenvalue weighted by Crippen LogP contribution is -1.91. The Hall–Kier alpha value is -0.630. The van der Waals surface area contributed by atoms with E-state index in [1.807, 2.05) is 38.1 Å². The molecule has 0 saturated carbocycles. The molecule has 0 radical (unpaired) electrons. The Balaban J connectivity index is 2.37. The summed E-state index contributed by atoms with van der Waals surface area (Å²) < 4.78 is 0. The second-order valence-electron chi connectivity index (χ2n) is 4.41. The molecular weight excluding hydrogens is 295 g/mol. The van der Waals surface area contributed by atoms with E-state index in [9.17, 15) is 0 Å². The van der Waals surface area contributed by atoms with Crippen molar-refractivity contribution in [1.29, 1.82) is 0 Å². The molecule has 2 unspecified atom stereocenters. The summed E-state index contributed by atoms with van der Waals surface area (Å²) in [7, 11) is 0. The van der Waals surface area contributed by atoms with Gasteiger partial charge in [-0.25, -0.2) is 0 Å². The van der Waals surface area contributed by atoms with Crippen LogP contribution in [0.3, 0.4) is 0 Å². The minimum absolute atomic E-state index is 0.00397. The Kier molecular flexibility index (Phi) is 5.20. The van der Waals surface area contributed by atoms with Gasteiger partial charge in [0.25, 0.3) is 0 Å². The average Bonchev–Trinajstić information content (AvgIpc) is 2.39. The summed E-state index contributed by atoms with van der Waals surface area (Å²) in [5.74, 6) is 0. The van der Waals surface area contributed by atoms with Gasteiger partial charge in [-0.05, 0) is 37.1 Å². The summed E-state index contributed by atoms with van der Waals surface area (Å²) in [6.45, 7) is 3.99. The van der Waals surface area contributed by atoms with Crippen molar-refractivity contribution in [3.05, 3.63) is 59.7 Å². The van der Waals surface area contributed by atoms with E-state index in [1.165, 1.54) is 9.79 Å². The van der Waals surface area contributed by atoms with E-state index in [0.29, 0.717) is 0 Å². The fourth-order valence-corrected chi connectivity index (χ4v) is 3.69.